The highest BCUT2D eigenvalue weighted by Gasteiger charge is 2.09. The van der Waals surface area contributed by atoms with E-state index >= 15 is 0 Å². The maximum atomic E-state index is 12.5. The molecule has 1 aromatic heterocycles. The van der Waals surface area contributed by atoms with Gasteiger partial charge in [-0.3, -0.25) is 9.78 Å². The Balaban J connectivity index is 1.82. The summed E-state index contributed by atoms with van der Waals surface area (Å²) in [6.45, 7) is 4.07. The Kier molecular flexibility index (Phi) is 4.80. The first-order valence-electron chi connectivity index (χ1n) is 8.05. The Labute approximate surface area is 147 Å². The van der Waals surface area contributed by atoms with Crippen molar-refractivity contribution in [2.45, 2.75) is 13.8 Å². The van der Waals surface area contributed by atoms with Gasteiger partial charge in [0.25, 0.3) is 5.91 Å². The third kappa shape index (κ3) is 3.86. The van der Waals surface area contributed by atoms with Gasteiger partial charge in [0.1, 0.15) is 5.75 Å². The quantitative estimate of drug-likeness (QED) is 0.758. The fourth-order valence-electron chi connectivity index (χ4n) is 2.53. The molecular weight excluding hydrogens is 312 g/mol. The van der Waals surface area contributed by atoms with Gasteiger partial charge in [0.15, 0.2) is 0 Å². The Morgan fingerprint density at radius 2 is 1.68 bits per heavy atom. The van der Waals surface area contributed by atoms with Crippen LogP contribution in [0.1, 0.15) is 21.5 Å². The maximum Gasteiger partial charge on any atom is 0.257 e. The smallest absolute Gasteiger partial charge is 0.257 e. The third-order valence-corrected chi connectivity index (χ3v) is 4.19. The number of carbonyl (C=O) groups is 1. The first-order valence-corrected chi connectivity index (χ1v) is 8.05. The number of carbonyl (C=O) groups excluding carboxylic acids is 1. The summed E-state index contributed by atoms with van der Waals surface area (Å²) in [6, 6.07) is 15.4. The molecule has 4 nitrogen and oxygen atoms in total. The minimum Gasteiger partial charge on any atom is -0.497 e. The molecule has 0 saturated carbocycles. The Morgan fingerprint density at radius 3 is 2.36 bits per heavy atom. The molecule has 0 radical (unpaired) electrons. The van der Waals surface area contributed by atoms with Crippen LogP contribution in [0.5, 0.6) is 5.75 Å². The maximum absolute atomic E-state index is 12.5. The Bertz CT molecular complexity index is 902. The van der Waals surface area contributed by atoms with Gasteiger partial charge in [-0.15, -0.1) is 0 Å². The summed E-state index contributed by atoms with van der Waals surface area (Å²) in [5, 5.41) is 2.92. The van der Waals surface area contributed by atoms with Crippen molar-refractivity contribution < 1.29 is 9.53 Å². The topological polar surface area (TPSA) is 51.2 Å². The van der Waals surface area contributed by atoms with Crippen LogP contribution in [0, 0.1) is 13.8 Å². The number of nitrogens with zero attached hydrogens (tertiary/aromatic N) is 1. The number of amides is 1. The zero-order valence-corrected chi connectivity index (χ0v) is 14.5. The average molecular weight is 332 g/mol. The lowest BCUT2D eigenvalue weighted by Gasteiger charge is -2.09. The minimum atomic E-state index is -0.175. The van der Waals surface area contributed by atoms with E-state index in [1.807, 2.05) is 62.4 Å². The molecule has 3 rings (SSSR count). The van der Waals surface area contributed by atoms with Crippen molar-refractivity contribution in [2.24, 2.45) is 0 Å². The van der Waals surface area contributed by atoms with Crippen LogP contribution in [-0.2, 0) is 0 Å². The van der Waals surface area contributed by atoms with Crippen LogP contribution in [0.15, 0.2) is 60.9 Å². The van der Waals surface area contributed by atoms with Gasteiger partial charge in [0.05, 0.1) is 12.7 Å². The van der Waals surface area contributed by atoms with Crippen molar-refractivity contribution in [2.75, 3.05) is 12.4 Å². The van der Waals surface area contributed by atoms with E-state index < -0.39 is 0 Å². The standard InChI is InChI=1S/C21H20N2O2/c1-14-4-7-19(10-15(14)2)23-21(24)18-11-17(12-22-13-18)16-5-8-20(25-3)9-6-16/h4-13H,1-3H3,(H,23,24). The summed E-state index contributed by atoms with van der Waals surface area (Å²) in [5.41, 5.74) is 5.50. The van der Waals surface area contributed by atoms with E-state index in [0.717, 1.165) is 28.1 Å². The number of aromatic nitrogens is 1. The number of rotatable bonds is 4. The lowest BCUT2D eigenvalue weighted by molar-refractivity contribution is 0.102. The normalized spacial score (nSPS) is 10.4. The number of ether oxygens (including phenoxy) is 1. The summed E-state index contributed by atoms with van der Waals surface area (Å²) in [5.74, 6) is 0.617. The van der Waals surface area contributed by atoms with Crippen molar-refractivity contribution in [3.8, 4) is 16.9 Å². The number of anilines is 1. The van der Waals surface area contributed by atoms with Crippen molar-refractivity contribution in [3.05, 3.63) is 77.6 Å². The van der Waals surface area contributed by atoms with E-state index in [2.05, 4.69) is 10.3 Å². The van der Waals surface area contributed by atoms with Crippen LogP contribution in [0.25, 0.3) is 11.1 Å². The van der Waals surface area contributed by atoms with Gasteiger partial charge in [0, 0.05) is 23.6 Å². The van der Waals surface area contributed by atoms with Gasteiger partial charge >= 0.3 is 0 Å². The highest BCUT2D eigenvalue weighted by Crippen LogP contribution is 2.23. The lowest BCUT2D eigenvalue weighted by atomic mass is 10.1. The summed E-state index contributed by atoms with van der Waals surface area (Å²) >= 11 is 0. The Morgan fingerprint density at radius 1 is 0.920 bits per heavy atom. The van der Waals surface area contributed by atoms with Gasteiger partial charge in [-0.05, 0) is 60.9 Å². The molecule has 0 aliphatic rings. The van der Waals surface area contributed by atoms with Crippen molar-refractivity contribution in [3.63, 3.8) is 0 Å². The zero-order chi connectivity index (χ0) is 17.8. The van der Waals surface area contributed by atoms with E-state index in [-0.39, 0.29) is 5.91 Å². The molecule has 1 heterocycles. The molecule has 0 aliphatic heterocycles. The number of methoxy groups -OCH3 is 1. The van der Waals surface area contributed by atoms with E-state index in [9.17, 15) is 4.79 Å². The molecule has 1 amide bonds. The number of hydrogen-bond acceptors (Lipinski definition) is 3. The molecule has 0 aliphatic carbocycles. The van der Waals surface area contributed by atoms with Gasteiger partial charge in [-0.1, -0.05) is 18.2 Å². The molecule has 0 unspecified atom stereocenters. The van der Waals surface area contributed by atoms with Crippen LogP contribution in [0.4, 0.5) is 5.69 Å². The highest BCUT2D eigenvalue weighted by molar-refractivity contribution is 6.04. The number of benzene rings is 2. The average Bonchev–Trinajstić information content (AvgIpc) is 2.65. The van der Waals surface area contributed by atoms with Crippen molar-refractivity contribution in [1.29, 1.82) is 0 Å². The molecular formula is C21H20N2O2. The molecule has 1 N–H and O–H groups in total. The minimum absolute atomic E-state index is 0.175. The van der Waals surface area contributed by atoms with Gasteiger partial charge in [-0.2, -0.15) is 0 Å². The number of pyridine rings is 1. The number of nitrogens with one attached hydrogen (secondary N) is 1. The second kappa shape index (κ2) is 7.18. The number of aryl methyl sites for hydroxylation is 2. The summed E-state index contributed by atoms with van der Waals surface area (Å²) in [7, 11) is 1.63. The van der Waals surface area contributed by atoms with Crippen molar-refractivity contribution >= 4 is 11.6 Å². The SMILES string of the molecule is COc1ccc(-c2cncc(C(=O)Nc3ccc(C)c(C)c3)c2)cc1. The molecule has 4 heteroatoms. The summed E-state index contributed by atoms with van der Waals surface area (Å²) in [6.07, 6.45) is 3.32. The molecule has 3 aromatic rings. The van der Waals surface area contributed by atoms with Gasteiger partial charge in [-0.25, -0.2) is 0 Å². The van der Waals surface area contributed by atoms with Crippen LogP contribution < -0.4 is 10.1 Å². The Hall–Kier alpha value is -3.14. The van der Waals surface area contributed by atoms with E-state index in [1.165, 1.54) is 5.56 Å². The third-order valence-electron chi connectivity index (χ3n) is 4.19. The zero-order valence-electron chi connectivity index (χ0n) is 14.5. The molecule has 0 spiro atoms. The molecule has 0 fully saturated rings. The molecule has 126 valence electrons. The van der Waals surface area contributed by atoms with Crippen LogP contribution in [0.3, 0.4) is 0 Å². The number of hydrogen-bond donors (Lipinski definition) is 1. The second-order valence-electron chi connectivity index (χ2n) is 5.94. The highest BCUT2D eigenvalue weighted by atomic mass is 16.5. The molecule has 0 atom stereocenters. The van der Waals surface area contributed by atoms with E-state index in [4.69, 9.17) is 4.74 Å². The molecule has 25 heavy (non-hydrogen) atoms. The molecule has 2 aromatic carbocycles. The summed E-state index contributed by atoms with van der Waals surface area (Å²) in [4.78, 5) is 16.7. The lowest BCUT2D eigenvalue weighted by Crippen LogP contribution is -2.12. The van der Waals surface area contributed by atoms with Gasteiger partial charge in [0.2, 0.25) is 0 Å². The first kappa shape index (κ1) is 16.7. The van der Waals surface area contributed by atoms with Crippen molar-refractivity contribution in [1.82, 2.24) is 4.98 Å². The molecule has 0 saturated heterocycles. The van der Waals surface area contributed by atoms with Crippen LogP contribution in [-0.4, -0.2) is 18.0 Å². The largest absolute Gasteiger partial charge is 0.497 e. The van der Waals surface area contributed by atoms with Crippen LogP contribution >= 0.6 is 0 Å². The second-order valence-corrected chi connectivity index (χ2v) is 5.94. The van der Waals surface area contributed by atoms with Crippen LogP contribution in [0.2, 0.25) is 0 Å². The fourth-order valence-corrected chi connectivity index (χ4v) is 2.53. The van der Waals surface area contributed by atoms with Gasteiger partial charge < -0.3 is 10.1 Å². The van der Waals surface area contributed by atoms with E-state index in [1.54, 1.807) is 19.5 Å². The summed E-state index contributed by atoms with van der Waals surface area (Å²) < 4.78 is 5.17. The fraction of sp³-hybridized carbons (Fsp3) is 0.143. The monoisotopic (exact) mass is 332 g/mol. The predicted octanol–water partition coefficient (Wildman–Crippen LogP) is 4.63. The molecule has 0 bridgehead atoms. The first-order chi connectivity index (χ1) is 12.1. The van der Waals surface area contributed by atoms with E-state index in [0.29, 0.717) is 5.56 Å². The predicted molar refractivity (Wildman–Crippen MR) is 100 cm³/mol.